The summed E-state index contributed by atoms with van der Waals surface area (Å²) < 4.78 is 12.0. The summed E-state index contributed by atoms with van der Waals surface area (Å²) in [5.74, 6) is -0.565. The Bertz CT molecular complexity index is 641. The zero-order valence-corrected chi connectivity index (χ0v) is 14.7. The van der Waals surface area contributed by atoms with Gasteiger partial charge in [-0.05, 0) is 50.9 Å². The number of thiol groups is 1. The van der Waals surface area contributed by atoms with Crippen LogP contribution in [0.15, 0.2) is 23.7 Å². The molecule has 1 heterocycles. The number of nitrogens with two attached hydrogens (primary N) is 1. The number of rotatable bonds is 4. The minimum absolute atomic E-state index is 0.155. The smallest absolute Gasteiger partial charge is 0.478 e. The summed E-state index contributed by atoms with van der Waals surface area (Å²) in [6, 6.07) is 4.63. The molecule has 0 aliphatic carbocycles. The van der Waals surface area contributed by atoms with E-state index in [0.29, 0.717) is 17.0 Å². The number of nitrogen functional groups attached to an aromatic ring is 1. The van der Waals surface area contributed by atoms with Crippen molar-refractivity contribution in [3.05, 3.63) is 34.8 Å². The molecule has 0 saturated carbocycles. The Hall–Kier alpha value is -1.44. The van der Waals surface area contributed by atoms with Gasteiger partial charge in [-0.2, -0.15) is 12.6 Å². The van der Waals surface area contributed by atoms with Crippen molar-refractivity contribution in [2.45, 2.75) is 38.9 Å². The van der Waals surface area contributed by atoms with Crippen LogP contribution in [0.2, 0.25) is 0 Å². The van der Waals surface area contributed by atoms with Crippen LogP contribution >= 0.6 is 12.6 Å². The summed E-state index contributed by atoms with van der Waals surface area (Å²) in [6.45, 7) is 7.94. The minimum atomic E-state index is -1.01. The molecule has 1 fully saturated rings. The van der Waals surface area contributed by atoms with Crippen LogP contribution in [0.4, 0.5) is 5.69 Å². The number of anilines is 1. The molecular formula is C16H22BNO4S. The lowest BCUT2D eigenvalue weighted by atomic mass is 9.78. The summed E-state index contributed by atoms with van der Waals surface area (Å²) >= 11 is 4.36. The molecule has 5 nitrogen and oxygen atoms in total. The lowest BCUT2D eigenvalue weighted by molar-refractivity contribution is 0.00578. The van der Waals surface area contributed by atoms with Gasteiger partial charge in [0.2, 0.25) is 0 Å². The number of aromatic carboxylic acids is 1. The van der Waals surface area contributed by atoms with E-state index in [9.17, 15) is 4.79 Å². The van der Waals surface area contributed by atoms with Crippen LogP contribution < -0.4 is 5.73 Å². The first-order valence-electron chi connectivity index (χ1n) is 7.37. The zero-order valence-electron chi connectivity index (χ0n) is 13.8. The van der Waals surface area contributed by atoms with E-state index in [1.165, 1.54) is 12.1 Å². The highest BCUT2D eigenvalue weighted by Crippen LogP contribution is 2.39. The third kappa shape index (κ3) is 3.57. The van der Waals surface area contributed by atoms with Crippen molar-refractivity contribution in [1.29, 1.82) is 0 Å². The number of carboxylic acids is 1. The Morgan fingerprint density at radius 2 is 1.87 bits per heavy atom. The van der Waals surface area contributed by atoms with E-state index in [4.69, 9.17) is 20.1 Å². The molecule has 124 valence electrons. The Kier molecular flexibility index (Phi) is 4.85. The standard InChI is InChI=1S/C16H22BNO4S/c1-15(2)16(3,4)22-17(21-15)12(9-23)7-10-5-6-11(14(19)20)8-13(10)18/h5-8,23H,9,18H2,1-4H3,(H,19,20). The van der Waals surface area contributed by atoms with Crippen LogP contribution in [-0.2, 0) is 9.31 Å². The molecule has 0 atom stereocenters. The molecule has 1 aromatic carbocycles. The number of carboxylic acid groups (broad SMARTS) is 1. The van der Waals surface area contributed by atoms with E-state index < -0.39 is 24.3 Å². The van der Waals surface area contributed by atoms with Crippen LogP contribution in [0.25, 0.3) is 6.08 Å². The van der Waals surface area contributed by atoms with Crippen LogP contribution in [0, 0.1) is 0 Å². The molecule has 1 aromatic rings. The van der Waals surface area contributed by atoms with E-state index in [1.54, 1.807) is 6.07 Å². The highest BCUT2D eigenvalue weighted by Gasteiger charge is 2.52. The van der Waals surface area contributed by atoms with Gasteiger partial charge in [0.15, 0.2) is 0 Å². The first-order chi connectivity index (χ1) is 10.6. The molecule has 0 radical (unpaired) electrons. The minimum Gasteiger partial charge on any atom is -0.478 e. The van der Waals surface area contributed by atoms with Crippen molar-refractivity contribution in [2.24, 2.45) is 0 Å². The topological polar surface area (TPSA) is 81.8 Å². The molecule has 0 bridgehead atoms. The molecule has 2 rings (SSSR count). The second kappa shape index (κ2) is 6.22. The van der Waals surface area contributed by atoms with Crippen molar-refractivity contribution >= 4 is 37.5 Å². The molecule has 1 aliphatic rings. The molecule has 1 saturated heterocycles. The number of hydrogen-bond acceptors (Lipinski definition) is 5. The van der Waals surface area contributed by atoms with Crippen molar-refractivity contribution in [3.63, 3.8) is 0 Å². The summed E-state index contributed by atoms with van der Waals surface area (Å²) in [4.78, 5) is 11.0. The summed E-state index contributed by atoms with van der Waals surface area (Å²) in [7, 11) is -0.504. The van der Waals surface area contributed by atoms with Crippen LogP contribution in [0.1, 0.15) is 43.6 Å². The van der Waals surface area contributed by atoms with Crippen molar-refractivity contribution < 1.29 is 19.2 Å². The van der Waals surface area contributed by atoms with Crippen LogP contribution in [-0.4, -0.2) is 35.1 Å². The Morgan fingerprint density at radius 1 is 1.30 bits per heavy atom. The van der Waals surface area contributed by atoms with Gasteiger partial charge < -0.3 is 20.1 Å². The molecule has 1 aliphatic heterocycles. The van der Waals surface area contributed by atoms with Gasteiger partial charge in [-0.1, -0.05) is 12.1 Å². The summed E-state index contributed by atoms with van der Waals surface area (Å²) in [5.41, 5.74) is 7.18. The highest BCUT2D eigenvalue weighted by molar-refractivity contribution is 7.80. The zero-order chi connectivity index (χ0) is 17.4. The first kappa shape index (κ1) is 17.9. The second-order valence-corrected chi connectivity index (χ2v) is 6.93. The fourth-order valence-corrected chi connectivity index (χ4v) is 2.46. The van der Waals surface area contributed by atoms with Gasteiger partial charge in [-0.25, -0.2) is 4.79 Å². The Balaban J connectivity index is 2.32. The van der Waals surface area contributed by atoms with E-state index in [2.05, 4.69) is 12.6 Å². The van der Waals surface area contributed by atoms with Gasteiger partial charge in [0.25, 0.3) is 0 Å². The fraction of sp³-hybridized carbons (Fsp3) is 0.438. The predicted octanol–water partition coefficient (Wildman–Crippen LogP) is 2.91. The summed E-state index contributed by atoms with van der Waals surface area (Å²) in [6.07, 6.45) is 1.84. The van der Waals surface area contributed by atoms with E-state index >= 15 is 0 Å². The third-order valence-electron chi connectivity index (χ3n) is 4.41. The third-order valence-corrected chi connectivity index (χ3v) is 4.78. The largest absolute Gasteiger partial charge is 0.491 e. The Morgan fingerprint density at radius 3 is 2.30 bits per heavy atom. The average molecular weight is 335 g/mol. The van der Waals surface area contributed by atoms with Gasteiger partial charge in [0.05, 0.1) is 16.8 Å². The maximum atomic E-state index is 11.0. The molecule has 0 unspecified atom stereocenters. The molecule has 23 heavy (non-hydrogen) atoms. The SMILES string of the molecule is CC1(C)OB(C(=Cc2ccc(C(=O)O)cc2N)CS)OC1(C)C. The molecule has 0 aromatic heterocycles. The maximum absolute atomic E-state index is 11.0. The lowest BCUT2D eigenvalue weighted by Crippen LogP contribution is -2.41. The summed E-state index contributed by atoms with van der Waals surface area (Å²) in [5, 5.41) is 8.99. The first-order valence-corrected chi connectivity index (χ1v) is 8.00. The predicted molar refractivity (Wildman–Crippen MR) is 95.7 cm³/mol. The second-order valence-electron chi connectivity index (χ2n) is 6.61. The van der Waals surface area contributed by atoms with Gasteiger partial charge in [-0.15, -0.1) is 0 Å². The quantitative estimate of drug-likeness (QED) is 0.448. The van der Waals surface area contributed by atoms with Crippen LogP contribution in [0.5, 0.6) is 0 Å². The average Bonchev–Trinajstić information content (AvgIpc) is 2.65. The molecule has 7 heteroatoms. The number of benzene rings is 1. The normalized spacial score (nSPS) is 19.9. The van der Waals surface area contributed by atoms with E-state index in [-0.39, 0.29) is 5.56 Å². The lowest BCUT2D eigenvalue weighted by Gasteiger charge is -2.32. The van der Waals surface area contributed by atoms with Crippen molar-refractivity contribution in [2.75, 3.05) is 11.5 Å². The van der Waals surface area contributed by atoms with Gasteiger partial charge >= 0.3 is 13.1 Å². The number of carbonyl (C=O) groups is 1. The van der Waals surface area contributed by atoms with E-state index in [0.717, 1.165) is 5.47 Å². The monoisotopic (exact) mass is 335 g/mol. The molecular weight excluding hydrogens is 313 g/mol. The van der Waals surface area contributed by atoms with Gasteiger partial charge in [0, 0.05) is 11.4 Å². The number of hydrogen-bond donors (Lipinski definition) is 3. The Labute approximate surface area is 142 Å². The van der Waals surface area contributed by atoms with Crippen LogP contribution in [0.3, 0.4) is 0 Å². The molecule has 0 spiro atoms. The molecule has 3 N–H and O–H groups in total. The highest BCUT2D eigenvalue weighted by atomic mass is 32.1. The molecule has 0 amide bonds. The van der Waals surface area contributed by atoms with Gasteiger partial charge in [0.1, 0.15) is 0 Å². The van der Waals surface area contributed by atoms with Crippen molar-refractivity contribution in [1.82, 2.24) is 0 Å². The van der Waals surface area contributed by atoms with Crippen molar-refractivity contribution in [3.8, 4) is 0 Å². The van der Waals surface area contributed by atoms with E-state index in [1.807, 2.05) is 33.8 Å². The van der Waals surface area contributed by atoms with Gasteiger partial charge in [-0.3, -0.25) is 0 Å². The fourth-order valence-electron chi connectivity index (χ4n) is 2.22. The maximum Gasteiger partial charge on any atom is 0.491 e.